The van der Waals surface area contributed by atoms with Crippen molar-refractivity contribution in [1.82, 2.24) is 9.88 Å². The van der Waals surface area contributed by atoms with E-state index < -0.39 is 0 Å². The molecule has 1 aliphatic rings. The van der Waals surface area contributed by atoms with E-state index in [1.807, 2.05) is 30.0 Å². The van der Waals surface area contributed by atoms with Crippen molar-refractivity contribution in [1.29, 1.82) is 0 Å². The Bertz CT molecular complexity index is 429. The molecule has 0 N–H and O–H groups in total. The van der Waals surface area contributed by atoms with Crippen molar-refractivity contribution in [2.75, 3.05) is 24.5 Å². The maximum Gasteiger partial charge on any atom is 0.228 e. The van der Waals surface area contributed by atoms with Crippen molar-refractivity contribution in [3.63, 3.8) is 0 Å². The molecule has 1 aromatic rings. The standard InChI is InChI=1S/C17H27N3O/c1-3-15(14-19-12-8-5-9-13-19)20(17(21)4-2)16-10-6-7-11-18-16/h6-7,10-11,15H,3-5,8-9,12-14H2,1-2H3. The first-order valence-electron chi connectivity index (χ1n) is 8.21. The highest BCUT2D eigenvalue weighted by atomic mass is 16.2. The van der Waals surface area contributed by atoms with Gasteiger partial charge in [0.1, 0.15) is 5.82 Å². The van der Waals surface area contributed by atoms with Crippen LogP contribution in [0.2, 0.25) is 0 Å². The number of pyridine rings is 1. The van der Waals surface area contributed by atoms with Crippen molar-refractivity contribution in [3.8, 4) is 0 Å². The smallest absolute Gasteiger partial charge is 0.228 e. The van der Waals surface area contributed by atoms with Crippen LogP contribution in [-0.4, -0.2) is 41.5 Å². The largest absolute Gasteiger partial charge is 0.301 e. The van der Waals surface area contributed by atoms with Gasteiger partial charge >= 0.3 is 0 Å². The van der Waals surface area contributed by atoms with Crippen LogP contribution in [-0.2, 0) is 4.79 Å². The lowest BCUT2D eigenvalue weighted by Gasteiger charge is -2.36. The third-order valence-corrected chi connectivity index (χ3v) is 4.22. The Morgan fingerprint density at radius 1 is 1.29 bits per heavy atom. The van der Waals surface area contributed by atoms with E-state index in [2.05, 4.69) is 16.8 Å². The number of likely N-dealkylation sites (tertiary alicyclic amines) is 1. The minimum Gasteiger partial charge on any atom is -0.301 e. The fourth-order valence-electron chi connectivity index (χ4n) is 3.02. The molecular formula is C17H27N3O. The molecule has 0 aromatic carbocycles. The molecule has 1 unspecified atom stereocenters. The molecule has 0 bridgehead atoms. The number of hydrogen-bond donors (Lipinski definition) is 0. The van der Waals surface area contributed by atoms with Crippen LogP contribution >= 0.6 is 0 Å². The van der Waals surface area contributed by atoms with E-state index in [1.165, 1.54) is 19.3 Å². The second-order valence-electron chi connectivity index (χ2n) is 5.73. The predicted octanol–water partition coefficient (Wildman–Crippen LogP) is 3.09. The van der Waals surface area contributed by atoms with Gasteiger partial charge in [-0.25, -0.2) is 4.98 Å². The second kappa shape index (κ2) is 8.13. The molecule has 0 radical (unpaired) electrons. The van der Waals surface area contributed by atoms with Gasteiger partial charge in [0, 0.05) is 19.2 Å². The van der Waals surface area contributed by atoms with Gasteiger partial charge in [0.15, 0.2) is 0 Å². The summed E-state index contributed by atoms with van der Waals surface area (Å²) in [5, 5.41) is 0. The number of hydrogen-bond acceptors (Lipinski definition) is 3. The number of rotatable bonds is 6. The number of anilines is 1. The van der Waals surface area contributed by atoms with Gasteiger partial charge in [-0.1, -0.05) is 26.3 Å². The summed E-state index contributed by atoms with van der Waals surface area (Å²) in [6.45, 7) is 7.36. The maximum absolute atomic E-state index is 12.4. The lowest BCUT2D eigenvalue weighted by molar-refractivity contribution is -0.119. The summed E-state index contributed by atoms with van der Waals surface area (Å²) in [7, 11) is 0. The van der Waals surface area contributed by atoms with E-state index in [9.17, 15) is 4.79 Å². The number of amides is 1. The second-order valence-corrected chi connectivity index (χ2v) is 5.73. The average Bonchev–Trinajstić information content (AvgIpc) is 2.56. The Labute approximate surface area is 128 Å². The van der Waals surface area contributed by atoms with Crippen LogP contribution < -0.4 is 4.90 Å². The first-order valence-corrected chi connectivity index (χ1v) is 8.21. The summed E-state index contributed by atoms with van der Waals surface area (Å²) in [5.41, 5.74) is 0. The molecule has 1 fully saturated rings. The van der Waals surface area contributed by atoms with E-state index >= 15 is 0 Å². The van der Waals surface area contributed by atoms with E-state index in [1.54, 1.807) is 6.20 Å². The van der Waals surface area contributed by atoms with E-state index in [4.69, 9.17) is 0 Å². The molecule has 0 aliphatic carbocycles. The highest BCUT2D eigenvalue weighted by Crippen LogP contribution is 2.19. The molecule has 116 valence electrons. The van der Waals surface area contributed by atoms with Crippen molar-refractivity contribution in [3.05, 3.63) is 24.4 Å². The van der Waals surface area contributed by atoms with Crippen molar-refractivity contribution in [2.45, 2.75) is 52.0 Å². The van der Waals surface area contributed by atoms with Crippen LogP contribution in [0.5, 0.6) is 0 Å². The summed E-state index contributed by atoms with van der Waals surface area (Å²) in [6.07, 6.45) is 7.14. The lowest BCUT2D eigenvalue weighted by Crippen LogP contribution is -2.48. The molecule has 21 heavy (non-hydrogen) atoms. The fraction of sp³-hybridized carbons (Fsp3) is 0.647. The molecule has 2 rings (SSSR count). The summed E-state index contributed by atoms with van der Waals surface area (Å²) in [5.74, 6) is 0.950. The Morgan fingerprint density at radius 3 is 2.62 bits per heavy atom. The lowest BCUT2D eigenvalue weighted by atomic mass is 10.1. The maximum atomic E-state index is 12.4. The first kappa shape index (κ1) is 16.0. The zero-order valence-electron chi connectivity index (χ0n) is 13.3. The average molecular weight is 289 g/mol. The molecule has 1 aliphatic heterocycles. The number of carbonyl (C=O) groups is 1. The molecule has 1 saturated heterocycles. The first-order chi connectivity index (χ1) is 10.3. The molecular weight excluding hydrogens is 262 g/mol. The minimum atomic E-state index is 0.164. The third-order valence-electron chi connectivity index (χ3n) is 4.22. The molecule has 1 atom stereocenters. The van der Waals surface area contributed by atoms with Gasteiger partial charge < -0.3 is 4.90 Å². The Hall–Kier alpha value is -1.42. The number of nitrogens with zero attached hydrogens (tertiary/aromatic N) is 3. The van der Waals surface area contributed by atoms with E-state index in [0.29, 0.717) is 6.42 Å². The highest BCUT2D eigenvalue weighted by Gasteiger charge is 2.26. The van der Waals surface area contributed by atoms with Crippen molar-refractivity contribution >= 4 is 11.7 Å². The van der Waals surface area contributed by atoms with Crippen molar-refractivity contribution in [2.24, 2.45) is 0 Å². The van der Waals surface area contributed by atoms with Gasteiger partial charge in [-0.15, -0.1) is 0 Å². The molecule has 0 spiro atoms. The number of carbonyl (C=O) groups excluding carboxylic acids is 1. The minimum absolute atomic E-state index is 0.164. The Morgan fingerprint density at radius 2 is 2.05 bits per heavy atom. The van der Waals surface area contributed by atoms with E-state index in [-0.39, 0.29) is 11.9 Å². The topological polar surface area (TPSA) is 36.4 Å². The SMILES string of the molecule is CCC(=O)N(c1ccccn1)C(CC)CN1CCCCC1. The molecule has 4 nitrogen and oxygen atoms in total. The molecule has 2 heterocycles. The Balaban J connectivity index is 2.14. The Kier molecular flexibility index (Phi) is 6.18. The van der Waals surface area contributed by atoms with Crippen molar-refractivity contribution < 1.29 is 4.79 Å². The van der Waals surface area contributed by atoms with Crippen LogP contribution in [0, 0.1) is 0 Å². The fourth-order valence-corrected chi connectivity index (χ4v) is 3.02. The summed E-state index contributed by atoms with van der Waals surface area (Å²) in [4.78, 5) is 21.2. The zero-order chi connectivity index (χ0) is 15.1. The number of piperidine rings is 1. The zero-order valence-corrected chi connectivity index (χ0v) is 13.3. The van der Waals surface area contributed by atoms with Crippen LogP contribution in [0.25, 0.3) is 0 Å². The molecule has 4 heteroatoms. The summed E-state index contributed by atoms with van der Waals surface area (Å²) < 4.78 is 0. The quantitative estimate of drug-likeness (QED) is 0.807. The monoisotopic (exact) mass is 289 g/mol. The number of aromatic nitrogens is 1. The molecule has 0 saturated carbocycles. The third kappa shape index (κ3) is 4.27. The van der Waals surface area contributed by atoms with Gasteiger partial charge in [-0.3, -0.25) is 9.69 Å². The van der Waals surface area contributed by atoms with Crippen LogP contribution in [0.15, 0.2) is 24.4 Å². The van der Waals surface area contributed by atoms with E-state index in [0.717, 1.165) is 31.9 Å². The van der Waals surface area contributed by atoms with Gasteiger partial charge in [-0.05, 0) is 44.5 Å². The van der Waals surface area contributed by atoms with Gasteiger partial charge in [0.05, 0.1) is 6.04 Å². The summed E-state index contributed by atoms with van der Waals surface area (Å²) in [6, 6.07) is 5.99. The highest BCUT2D eigenvalue weighted by molar-refractivity contribution is 5.92. The molecule has 1 amide bonds. The van der Waals surface area contributed by atoms with Crippen LogP contribution in [0.1, 0.15) is 46.0 Å². The summed E-state index contributed by atoms with van der Waals surface area (Å²) >= 11 is 0. The normalized spacial score (nSPS) is 17.4. The van der Waals surface area contributed by atoms with Crippen LogP contribution in [0.3, 0.4) is 0 Å². The van der Waals surface area contributed by atoms with Crippen LogP contribution in [0.4, 0.5) is 5.82 Å². The van der Waals surface area contributed by atoms with Gasteiger partial charge in [0.2, 0.25) is 5.91 Å². The van der Waals surface area contributed by atoms with Gasteiger partial charge in [-0.2, -0.15) is 0 Å². The molecule has 1 aromatic heterocycles. The van der Waals surface area contributed by atoms with Gasteiger partial charge in [0.25, 0.3) is 0 Å². The predicted molar refractivity (Wildman–Crippen MR) is 86.4 cm³/mol.